The Morgan fingerprint density at radius 1 is 0.935 bits per heavy atom. The highest BCUT2D eigenvalue weighted by molar-refractivity contribution is 6.12. The van der Waals surface area contributed by atoms with Gasteiger partial charge in [-0.3, -0.25) is 4.79 Å². The molecule has 3 rings (SSSR count). The van der Waals surface area contributed by atoms with Crippen LogP contribution in [0.1, 0.15) is 15.9 Å². The second-order valence-electron chi connectivity index (χ2n) is 6.90. The number of ether oxygens (including phenoxy) is 3. The molecule has 0 bridgehead atoms. The van der Waals surface area contributed by atoms with Crippen molar-refractivity contribution in [2.24, 2.45) is 0 Å². The van der Waals surface area contributed by atoms with Gasteiger partial charge < -0.3 is 50.0 Å². The van der Waals surface area contributed by atoms with Crippen LogP contribution in [0, 0.1) is 0 Å². The Balaban J connectivity index is 1.90. The van der Waals surface area contributed by atoms with E-state index in [1.165, 1.54) is 7.11 Å². The van der Waals surface area contributed by atoms with Crippen molar-refractivity contribution in [1.82, 2.24) is 0 Å². The highest BCUT2D eigenvalue weighted by atomic mass is 16.7. The molecule has 31 heavy (non-hydrogen) atoms. The van der Waals surface area contributed by atoms with E-state index in [0.717, 1.165) is 30.3 Å². The van der Waals surface area contributed by atoms with E-state index in [9.17, 15) is 40.5 Å². The van der Waals surface area contributed by atoms with Gasteiger partial charge in [0.2, 0.25) is 12.1 Å². The van der Waals surface area contributed by atoms with Gasteiger partial charge in [-0.15, -0.1) is 0 Å². The van der Waals surface area contributed by atoms with Crippen LogP contribution in [0.25, 0.3) is 0 Å². The fourth-order valence-electron chi connectivity index (χ4n) is 3.16. The summed E-state index contributed by atoms with van der Waals surface area (Å²) in [6.45, 7) is -0.662. The smallest absolute Gasteiger partial charge is 0.229 e. The minimum absolute atomic E-state index is 0.120. The van der Waals surface area contributed by atoms with Gasteiger partial charge in [-0.2, -0.15) is 0 Å². The molecule has 0 spiro atoms. The number of carbonyl (C=O) groups is 1. The average Bonchev–Trinajstić information content (AvgIpc) is 2.73. The molecule has 0 unspecified atom stereocenters. The van der Waals surface area contributed by atoms with Gasteiger partial charge in [0.15, 0.2) is 0 Å². The number of aliphatic hydroxyl groups excluding tert-OH is 4. The standard InChI is InChI=1S/C20H22O11/c1-29-10-5-12(23)15(13(24)6-10)16(25)8-2-9(22)4-11(3-8)30-20-19(28)18(27)17(26)14(7-21)31-20/h2-6,14,17-24,26-28H,7H2,1H3/t14-,17-,18+,19-,20-/m1/s1. The topological polar surface area (TPSA) is 186 Å². The molecule has 1 aliphatic heterocycles. The summed E-state index contributed by atoms with van der Waals surface area (Å²) < 4.78 is 15.5. The van der Waals surface area contributed by atoms with Crippen LogP contribution < -0.4 is 9.47 Å². The number of aliphatic hydroxyl groups is 4. The molecule has 1 saturated heterocycles. The van der Waals surface area contributed by atoms with E-state index < -0.39 is 65.9 Å². The van der Waals surface area contributed by atoms with E-state index in [2.05, 4.69) is 0 Å². The Labute approximate surface area is 175 Å². The van der Waals surface area contributed by atoms with Gasteiger partial charge in [0.05, 0.1) is 13.7 Å². The fraction of sp³-hybridized carbons (Fsp3) is 0.350. The lowest BCUT2D eigenvalue weighted by molar-refractivity contribution is -0.277. The first-order chi connectivity index (χ1) is 14.7. The molecule has 2 aromatic rings. The molecule has 1 aliphatic rings. The van der Waals surface area contributed by atoms with Crippen molar-refractivity contribution in [3.8, 4) is 28.7 Å². The van der Waals surface area contributed by atoms with Crippen molar-refractivity contribution in [3.63, 3.8) is 0 Å². The molecular formula is C20H22O11. The summed E-state index contributed by atoms with van der Waals surface area (Å²) in [5.74, 6) is -2.43. The van der Waals surface area contributed by atoms with Crippen molar-refractivity contribution >= 4 is 5.78 Å². The molecule has 0 aromatic heterocycles. The van der Waals surface area contributed by atoms with Crippen molar-refractivity contribution in [3.05, 3.63) is 41.5 Å². The van der Waals surface area contributed by atoms with Gasteiger partial charge >= 0.3 is 0 Å². The third-order valence-corrected chi connectivity index (χ3v) is 4.79. The summed E-state index contributed by atoms with van der Waals surface area (Å²) in [6.07, 6.45) is -7.71. The Hall–Kier alpha value is -3.09. The maximum atomic E-state index is 12.8. The van der Waals surface area contributed by atoms with Gasteiger partial charge in [0.25, 0.3) is 0 Å². The monoisotopic (exact) mass is 438 g/mol. The number of aromatic hydroxyl groups is 3. The number of hydrogen-bond acceptors (Lipinski definition) is 11. The summed E-state index contributed by atoms with van der Waals surface area (Å²) in [6, 6.07) is 5.55. The van der Waals surface area contributed by atoms with Crippen LogP contribution in [0.2, 0.25) is 0 Å². The maximum absolute atomic E-state index is 12.8. The largest absolute Gasteiger partial charge is 0.508 e. The van der Waals surface area contributed by atoms with E-state index in [-0.39, 0.29) is 17.1 Å². The molecule has 5 atom stereocenters. The van der Waals surface area contributed by atoms with Gasteiger partial charge in [-0.05, 0) is 12.1 Å². The lowest BCUT2D eigenvalue weighted by atomic mass is 9.99. The molecule has 0 saturated carbocycles. The van der Waals surface area contributed by atoms with Gasteiger partial charge in [0.1, 0.15) is 58.7 Å². The minimum Gasteiger partial charge on any atom is -0.508 e. The van der Waals surface area contributed by atoms with Crippen molar-refractivity contribution in [2.45, 2.75) is 30.7 Å². The third-order valence-electron chi connectivity index (χ3n) is 4.79. The number of methoxy groups -OCH3 is 1. The molecule has 1 heterocycles. The Morgan fingerprint density at radius 2 is 1.58 bits per heavy atom. The second kappa shape index (κ2) is 8.96. The second-order valence-corrected chi connectivity index (χ2v) is 6.90. The van der Waals surface area contributed by atoms with Crippen LogP contribution in [0.15, 0.2) is 30.3 Å². The van der Waals surface area contributed by atoms with Crippen LogP contribution in [-0.4, -0.2) is 86.0 Å². The zero-order chi connectivity index (χ0) is 22.9. The Kier molecular flexibility index (Phi) is 6.53. The maximum Gasteiger partial charge on any atom is 0.229 e. The number of hydrogen-bond donors (Lipinski definition) is 7. The zero-order valence-electron chi connectivity index (χ0n) is 16.2. The first kappa shape index (κ1) is 22.6. The minimum atomic E-state index is -1.70. The first-order valence-corrected chi connectivity index (χ1v) is 9.12. The summed E-state index contributed by atoms with van der Waals surface area (Å²) >= 11 is 0. The molecule has 2 aromatic carbocycles. The van der Waals surface area contributed by atoms with Crippen molar-refractivity contribution in [2.75, 3.05) is 13.7 Å². The Morgan fingerprint density at radius 3 is 2.16 bits per heavy atom. The number of phenols is 3. The lowest BCUT2D eigenvalue weighted by Crippen LogP contribution is -2.60. The zero-order valence-corrected chi connectivity index (χ0v) is 16.2. The molecule has 0 radical (unpaired) electrons. The van der Waals surface area contributed by atoms with Crippen LogP contribution in [0.3, 0.4) is 0 Å². The van der Waals surface area contributed by atoms with Gasteiger partial charge in [-0.25, -0.2) is 0 Å². The first-order valence-electron chi connectivity index (χ1n) is 9.12. The molecule has 0 aliphatic carbocycles. The number of benzene rings is 2. The van der Waals surface area contributed by atoms with E-state index >= 15 is 0 Å². The summed E-state index contributed by atoms with van der Waals surface area (Å²) in [7, 11) is 1.31. The van der Waals surface area contributed by atoms with E-state index in [4.69, 9.17) is 14.2 Å². The highest BCUT2D eigenvalue weighted by Gasteiger charge is 2.44. The number of ketones is 1. The molecule has 168 valence electrons. The van der Waals surface area contributed by atoms with Gasteiger partial charge in [-0.1, -0.05) is 0 Å². The predicted octanol–water partition coefficient (Wildman–Crippen LogP) is -0.778. The highest BCUT2D eigenvalue weighted by Crippen LogP contribution is 2.36. The quantitative estimate of drug-likeness (QED) is 0.281. The average molecular weight is 438 g/mol. The molecule has 7 N–H and O–H groups in total. The summed E-state index contributed by atoms with van der Waals surface area (Å²) in [5, 5.41) is 69.2. The van der Waals surface area contributed by atoms with E-state index in [1.807, 2.05) is 0 Å². The summed E-state index contributed by atoms with van der Waals surface area (Å²) in [4.78, 5) is 12.8. The fourth-order valence-corrected chi connectivity index (χ4v) is 3.16. The van der Waals surface area contributed by atoms with Crippen LogP contribution >= 0.6 is 0 Å². The van der Waals surface area contributed by atoms with E-state index in [1.54, 1.807) is 0 Å². The van der Waals surface area contributed by atoms with E-state index in [0.29, 0.717) is 0 Å². The third kappa shape index (κ3) is 4.50. The van der Waals surface area contributed by atoms with Crippen LogP contribution in [0.4, 0.5) is 0 Å². The van der Waals surface area contributed by atoms with Crippen LogP contribution in [0.5, 0.6) is 28.7 Å². The predicted molar refractivity (Wildman–Crippen MR) is 102 cm³/mol. The normalized spacial score (nSPS) is 25.8. The molecule has 1 fully saturated rings. The van der Waals surface area contributed by atoms with Crippen molar-refractivity contribution in [1.29, 1.82) is 0 Å². The Bertz CT molecular complexity index is 935. The lowest BCUT2D eigenvalue weighted by Gasteiger charge is -2.39. The number of rotatable bonds is 6. The number of carbonyl (C=O) groups excluding carboxylic acids is 1. The molecule has 11 heteroatoms. The van der Waals surface area contributed by atoms with Gasteiger partial charge in [0, 0.05) is 23.8 Å². The SMILES string of the molecule is COc1cc(O)c(C(=O)c2cc(O)cc(O[C@@H]3O[C@H](CO)[C@@H](O)[C@H](O)[C@H]3O)c2)c(O)c1. The number of phenolic OH excluding ortho intramolecular Hbond substituents is 3. The van der Waals surface area contributed by atoms with Crippen molar-refractivity contribution < 1.29 is 54.8 Å². The summed E-state index contributed by atoms with van der Waals surface area (Å²) in [5.41, 5.74) is -0.624. The molecule has 11 nitrogen and oxygen atoms in total. The molecular weight excluding hydrogens is 416 g/mol. The van der Waals surface area contributed by atoms with Crippen LogP contribution in [-0.2, 0) is 4.74 Å². The molecule has 0 amide bonds.